The molecule has 206 valence electrons. The van der Waals surface area contributed by atoms with Gasteiger partial charge in [0.2, 0.25) is 0 Å². The van der Waals surface area contributed by atoms with E-state index in [9.17, 15) is 9.59 Å². The molecule has 1 aromatic heterocycles. The molecule has 0 unspecified atom stereocenters. The third-order valence-electron chi connectivity index (χ3n) is 6.42. The van der Waals surface area contributed by atoms with Gasteiger partial charge in [-0.05, 0) is 92.9 Å². The summed E-state index contributed by atoms with van der Waals surface area (Å²) < 4.78 is 14.9. The van der Waals surface area contributed by atoms with Crippen LogP contribution in [0.3, 0.4) is 0 Å². The molecule has 0 radical (unpaired) electrons. The molecule has 0 fully saturated rings. The molecule has 9 heteroatoms. The van der Waals surface area contributed by atoms with Crippen LogP contribution in [-0.2, 0) is 9.53 Å². The highest BCUT2D eigenvalue weighted by Gasteiger charge is 2.34. The van der Waals surface area contributed by atoms with Gasteiger partial charge in [0, 0.05) is 0 Å². The molecule has 3 aromatic rings. The molecule has 4 rings (SSSR count). The topological polar surface area (TPSA) is 69.9 Å². The van der Waals surface area contributed by atoms with Gasteiger partial charge in [-0.3, -0.25) is 9.36 Å². The summed E-state index contributed by atoms with van der Waals surface area (Å²) in [6.45, 7) is 10.8. The van der Waals surface area contributed by atoms with E-state index in [4.69, 9.17) is 14.5 Å². The lowest BCUT2D eigenvalue weighted by Gasteiger charge is -2.26. The number of hydrogen-bond donors (Lipinski definition) is 0. The second-order valence-electron chi connectivity index (χ2n) is 9.48. The van der Waals surface area contributed by atoms with Crippen molar-refractivity contribution in [3.05, 3.63) is 93.0 Å². The zero-order valence-corrected chi connectivity index (χ0v) is 26.7. The molecule has 1 atom stereocenters. The van der Waals surface area contributed by atoms with Crippen LogP contribution < -0.4 is 19.6 Å². The number of carbonyl (C=O) groups is 1. The van der Waals surface area contributed by atoms with E-state index in [2.05, 4.69) is 64.8 Å². The van der Waals surface area contributed by atoms with Crippen LogP contribution >= 0.6 is 43.2 Å². The normalized spacial score (nSPS) is 15.4. The van der Waals surface area contributed by atoms with Crippen LogP contribution in [0.2, 0.25) is 0 Å². The Bertz CT molecular complexity index is 1560. The molecule has 0 bridgehead atoms. The van der Waals surface area contributed by atoms with Gasteiger partial charge in [-0.2, -0.15) is 0 Å². The maximum atomic E-state index is 14.0. The Morgan fingerprint density at radius 3 is 2.33 bits per heavy atom. The molecule has 2 heterocycles. The second-order valence-corrected chi connectivity index (χ2v) is 12.2. The minimum Gasteiger partial charge on any atom is -0.492 e. The zero-order chi connectivity index (χ0) is 28.3. The zero-order valence-electron chi connectivity index (χ0n) is 22.7. The standard InChI is InChI=1S/C30H32Br2N2O4S/c1-6-9-23-25(29(36)38-8-3)26(20-12-10-19(11-13-20)17(4)5)34-28(35)24(39-30(34)33-23)16-18-14-21(31)27(37-7-2)22(32)15-18/h10-17,26H,6-9H2,1-5H3/b24-16-/t26-/m1/s1. The maximum absolute atomic E-state index is 14.0. The van der Waals surface area contributed by atoms with E-state index in [1.165, 1.54) is 16.9 Å². The van der Waals surface area contributed by atoms with E-state index < -0.39 is 12.0 Å². The predicted octanol–water partition coefficient (Wildman–Crippen LogP) is 6.63. The van der Waals surface area contributed by atoms with Gasteiger partial charge in [0.25, 0.3) is 5.56 Å². The first-order valence-corrected chi connectivity index (χ1v) is 15.5. The molecule has 39 heavy (non-hydrogen) atoms. The van der Waals surface area contributed by atoms with Crippen molar-refractivity contribution in [2.75, 3.05) is 13.2 Å². The van der Waals surface area contributed by atoms with Gasteiger partial charge >= 0.3 is 5.97 Å². The van der Waals surface area contributed by atoms with Crippen LogP contribution in [0.1, 0.15) is 76.1 Å². The van der Waals surface area contributed by atoms with Gasteiger partial charge in [0.1, 0.15) is 5.75 Å². The molecule has 0 saturated carbocycles. The number of benzene rings is 2. The predicted molar refractivity (Wildman–Crippen MR) is 163 cm³/mol. The number of rotatable bonds is 9. The molecule has 0 spiro atoms. The highest BCUT2D eigenvalue weighted by molar-refractivity contribution is 9.11. The summed E-state index contributed by atoms with van der Waals surface area (Å²) in [4.78, 5) is 32.7. The third-order valence-corrected chi connectivity index (χ3v) is 8.58. The van der Waals surface area contributed by atoms with Crippen molar-refractivity contribution in [3.8, 4) is 5.75 Å². The van der Waals surface area contributed by atoms with Crippen molar-refractivity contribution < 1.29 is 14.3 Å². The minimum absolute atomic E-state index is 0.199. The lowest BCUT2D eigenvalue weighted by molar-refractivity contribution is -0.139. The van der Waals surface area contributed by atoms with E-state index in [1.807, 2.05) is 37.3 Å². The molecule has 2 aromatic carbocycles. The van der Waals surface area contributed by atoms with Gasteiger partial charge < -0.3 is 9.47 Å². The maximum Gasteiger partial charge on any atom is 0.338 e. The van der Waals surface area contributed by atoms with Gasteiger partial charge in [0.15, 0.2) is 4.80 Å². The third kappa shape index (κ3) is 6.15. The Balaban J connectivity index is 1.95. The largest absolute Gasteiger partial charge is 0.492 e. The molecule has 0 N–H and O–H groups in total. The molecule has 6 nitrogen and oxygen atoms in total. The Labute approximate surface area is 249 Å². The summed E-state index contributed by atoms with van der Waals surface area (Å²) in [5.74, 6) is 0.644. The van der Waals surface area contributed by atoms with Gasteiger partial charge in [-0.1, -0.05) is 62.8 Å². The summed E-state index contributed by atoms with van der Waals surface area (Å²) in [6.07, 6.45) is 3.27. The molecule has 0 amide bonds. The van der Waals surface area contributed by atoms with E-state index in [-0.39, 0.29) is 12.2 Å². The summed E-state index contributed by atoms with van der Waals surface area (Å²) in [5, 5.41) is 0. The van der Waals surface area contributed by atoms with Crippen LogP contribution in [0, 0.1) is 0 Å². The first kappa shape index (κ1) is 29.5. The van der Waals surface area contributed by atoms with Crippen molar-refractivity contribution in [1.29, 1.82) is 0 Å². The molecule has 1 aliphatic heterocycles. The number of thiazole rings is 1. The number of hydrogen-bond acceptors (Lipinski definition) is 6. The van der Waals surface area contributed by atoms with Crippen LogP contribution in [-0.4, -0.2) is 23.8 Å². The average Bonchev–Trinajstić information content (AvgIpc) is 3.20. The number of fused-ring (bicyclic) bond motifs is 1. The van der Waals surface area contributed by atoms with Gasteiger partial charge in [0.05, 0.1) is 44.0 Å². The summed E-state index contributed by atoms with van der Waals surface area (Å²) in [5.41, 5.74) is 3.78. The Hall–Kier alpha value is -2.49. The average molecular weight is 676 g/mol. The lowest BCUT2D eigenvalue weighted by atomic mass is 9.92. The molecule has 0 aliphatic carbocycles. The fourth-order valence-electron chi connectivity index (χ4n) is 4.60. The Morgan fingerprint density at radius 2 is 1.77 bits per heavy atom. The number of nitrogens with zero attached hydrogens (tertiary/aromatic N) is 2. The number of halogens is 2. The van der Waals surface area contributed by atoms with Crippen molar-refractivity contribution in [1.82, 2.24) is 4.57 Å². The molecular formula is C30H32Br2N2O4S. The first-order valence-electron chi connectivity index (χ1n) is 13.1. The van der Waals surface area contributed by atoms with Crippen LogP contribution in [0.25, 0.3) is 6.08 Å². The quantitative estimate of drug-likeness (QED) is 0.239. The number of allylic oxidation sites excluding steroid dienone is 1. The highest BCUT2D eigenvalue weighted by Crippen LogP contribution is 2.35. The molecular weight excluding hydrogens is 644 g/mol. The smallest absolute Gasteiger partial charge is 0.338 e. The van der Waals surface area contributed by atoms with Gasteiger partial charge in [-0.15, -0.1) is 0 Å². The summed E-state index contributed by atoms with van der Waals surface area (Å²) >= 11 is 8.48. The summed E-state index contributed by atoms with van der Waals surface area (Å²) in [7, 11) is 0. The molecule has 1 aliphatic rings. The van der Waals surface area contributed by atoms with Gasteiger partial charge in [-0.25, -0.2) is 9.79 Å². The van der Waals surface area contributed by atoms with Crippen molar-refractivity contribution in [3.63, 3.8) is 0 Å². The first-order chi connectivity index (χ1) is 18.7. The number of aromatic nitrogens is 1. The van der Waals surface area contributed by atoms with E-state index >= 15 is 0 Å². The van der Waals surface area contributed by atoms with Crippen molar-refractivity contribution in [2.24, 2.45) is 4.99 Å². The van der Waals surface area contributed by atoms with Crippen LogP contribution in [0.5, 0.6) is 5.75 Å². The van der Waals surface area contributed by atoms with E-state index in [0.717, 1.165) is 26.5 Å². The second kappa shape index (κ2) is 12.8. The highest BCUT2D eigenvalue weighted by atomic mass is 79.9. The van der Waals surface area contributed by atoms with Crippen LogP contribution in [0.4, 0.5) is 0 Å². The van der Waals surface area contributed by atoms with E-state index in [0.29, 0.717) is 45.3 Å². The number of esters is 1. The Morgan fingerprint density at radius 1 is 1.10 bits per heavy atom. The van der Waals surface area contributed by atoms with Crippen molar-refractivity contribution >= 4 is 55.2 Å². The Kier molecular flexibility index (Phi) is 9.67. The summed E-state index contributed by atoms with van der Waals surface area (Å²) in [6, 6.07) is 11.4. The number of ether oxygens (including phenoxy) is 2. The molecule has 0 saturated heterocycles. The number of carbonyl (C=O) groups excluding carboxylic acids is 1. The van der Waals surface area contributed by atoms with Crippen molar-refractivity contribution in [2.45, 2.75) is 59.4 Å². The SMILES string of the molecule is CCCC1=C(C(=O)OCC)[C@@H](c2ccc(C(C)C)cc2)n2c(s/c(=C\c3cc(Br)c(OCC)c(Br)c3)c2=O)=N1. The monoisotopic (exact) mass is 674 g/mol. The van der Waals surface area contributed by atoms with Crippen LogP contribution in [0.15, 0.2) is 66.4 Å². The minimum atomic E-state index is -0.621. The fraction of sp³-hybridized carbons (Fsp3) is 0.367. The fourth-order valence-corrected chi connectivity index (χ4v) is 7.07. The lowest BCUT2D eigenvalue weighted by Crippen LogP contribution is -2.40. The van der Waals surface area contributed by atoms with E-state index in [1.54, 1.807) is 11.5 Å².